The fourth-order valence-corrected chi connectivity index (χ4v) is 13.3. The van der Waals surface area contributed by atoms with Crippen LogP contribution in [0.25, 0.3) is 0 Å². The van der Waals surface area contributed by atoms with E-state index in [4.69, 9.17) is 23.7 Å². The highest BCUT2D eigenvalue weighted by atomic mass is 16.7. The second-order valence-electron chi connectivity index (χ2n) is 18.5. The van der Waals surface area contributed by atoms with Crippen LogP contribution in [0.2, 0.25) is 0 Å². The molecule has 1 unspecified atom stereocenters. The van der Waals surface area contributed by atoms with Crippen LogP contribution in [0.15, 0.2) is 18.2 Å². The summed E-state index contributed by atoms with van der Waals surface area (Å²) >= 11 is 0. The largest absolute Gasteiger partial charge is 0.493 e. The van der Waals surface area contributed by atoms with Crippen molar-refractivity contribution in [2.75, 3.05) is 27.3 Å². The summed E-state index contributed by atoms with van der Waals surface area (Å²) in [6.45, 7) is 10.4. The average Bonchev–Trinajstić information content (AvgIpc) is 3.46. The maximum atomic E-state index is 13.7. The Bertz CT molecular complexity index is 1710. The summed E-state index contributed by atoms with van der Waals surface area (Å²) in [5.41, 5.74) is -6.05. The fourth-order valence-electron chi connectivity index (χ4n) is 13.3. The van der Waals surface area contributed by atoms with Crippen molar-refractivity contribution in [3.05, 3.63) is 23.8 Å². The van der Waals surface area contributed by atoms with Crippen LogP contribution in [0.4, 0.5) is 0 Å². The molecule has 6 N–H and O–H groups in total. The lowest BCUT2D eigenvalue weighted by Crippen LogP contribution is -2.78. The third-order valence-electron chi connectivity index (χ3n) is 15.9. The number of piperidine rings is 2. The van der Waals surface area contributed by atoms with Crippen LogP contribution >= 0.6 is 0 Å². The first-order valence-electron chi connectivity index (χ1n) is 20.1. The van der Waals surface area contributed by atoms with Crippen molar-refractivity contribution >= 4 is 11.9 Å². The molecule has 7 aliphatic rings. The van der Waals surface area contributed by atoms with Crippen LogP contribution in [-0.2, 0) is 19.0 Å². The highest BCUT2D eigenvalue weighted by molar-refractivity contribution is 5.90. The summed E-state index contributed by atoms with van der Waals surface area (Å²) in [7, 11) is 2.92. The number of benzene rings is 1. The number of carbonyl (C=O) groups excluding carboxylic acids is 2. The number of hydrogen-bond donors (Lipinski definition) is 6. The maximum absolute atomic E-state index is 13.7. The Balaban J connectivity index is 1.22. The minimum atomic E-state index is -2.29. The van der Waals surface area contributed by atoms with E-state index in [0.717, 1.165) is 13.0 Å². The van der Waals surface area contributed by atoms with Crippen LogP contribution in [0.1, 0.15) is 83.5 Å². The molecule has 4 saturated carbocycles. The summed E-state index contributed by atoms with van der Waals surface area (Å²) in [6, 6.07) is 4.27. The first-order valence-corrected chi connectivity index (χ1v) is 20.1. The first kappa shape index (κ1) is 39.3. The molecule has 1 aromatic rings. The molecule has 14 nitrogen and oxygen atoms in total. The molecule has 3 heterocycles. The Hall–Kier alpha value is -2.56. The molecule has 55 heavy (non-hydrogen) atoms. The topological polar surface area (TPSA) is 205 Å². The van der Waals surface area contributed by atoms with Gasteiger partial charge in [-0.3, -0.25) is 9.69 Å². The van der Waals surface area contributed by atoms with Crippen molar-refractivity contribution in [3.63, 3.8) is 0 Å². The number of nitrogens with zero attached hydrogens (tertiary/aromatic N) is 1. The number of fused-ring (bicyclic) bond motifs is 5. The van der Waals surface area contributed by atoms with E-state index in [1.165, 1.54) is 26.4 Å². The number of carbonyl (C=O) groups is 2. The molecule has 0 aromatic heterocycles. The number of esters is 2. The van der Waals surface area contributed by atoms with Crippen molar-refractivity contribution in [3.8, 4) is 11.5 Å². The van der Waals surface area contributed by atoms with E-state index >= 15 is 0 Å². The SMILES string of the molecule is CCC(C)C(=O)O[C@H]1[C@H](O)[C@H]2[C@@H](CN3C[C@@H](C)CC[C@H]3[C@@]2(C)O)[C@@H]2C[C@]34O[C@]5(O)[C@@H](OC(=O)c6ccc(OC)c(OC)c6)CC[C@@]3(C)[C@@H]5[C@@H](O)[C@@H](O)[C@H]4[C@@]21O. The predicted octanol–water partition coefficient (Wildman–Crippen LogP) is 1.64. The van der Waals surface area contributed by atoms with Gasteiger partial charge in [-0.2, -0.15) is 0 Å². The molecule has 306 valence electrons. The highest BCUT2D eigenvalue weighted by Crippen LogP contribution is 2.77. The third kappa shape index (κ3) is 5.07. The molecular formula is C41H59NO13. The number of aliphatic hydroxyl groups excluding tert-OH is 3. The molecule has 3 aliphatic heterocycles. The molecule has 4 bridgehead atoms. The second kappa shape index (κ2) is 13.0. The Morgan fingerprint density at radius 3 is 2.31 bits per heavy atom. The molecule has 0 amide bonds. The van der Waals surface area contributed by atoms with Crippen LogP contribution < -0.4 is 9.47 Å². The van der Waals surface area contributed by atoms with Crippen molar-refractivity contribution in [1.82, 2.24) is 4.90 Å². The zero-order valence-electron chi connectivity index (χ0n) is 32.9. The molecule has 18 atom stereocenters. The van der Waals surface area contributed by atoms with Crippen LogP contribution in [0.3, 0.4) is 0 Å². The van der Waals surface area contributed by atoms with Crippen LogP contribution in [0, 0.1) is 46.8 Å². The number of methoxy groups -OCH3 is 2. The molecule has 1 spiro atoms. The van der Waals surface area contributed by atoms with Gasteiger partial charge in [0.05, 0.1) is 67.1 Å². The Labute approximate surface area is 322 Å². The standard InChI is InChI=1S/C41H59NO13/c1-8-20(3)35(46)54-34-29(43)28-22(18-42-17-19(2)9-12-26(42)38(28,5)48)23-16-39-33(40(23,34)49)31(45)30(44)32-37(39,4)14-13-27(41(32,50)55-39)53-36(47)21-10-11-24(51-6)25(15-21)52-7/h10-11,15,19-20,22-23,26-34,43-45,48-50H,8-9,12-14,16-18H2,1-7H3/t19-,20?,22-,23-,26-,27-,28+,29+,30-,31+,32-,33+,34-,37-,38+,39+,40-,41+/m0/s1. The Morgan fingerprint density at radius 1 is 0.945 bits per heavy atom. The molecule has 7 fully saturated rings. The number of aliphatic hydroxyl groups is 6. The number of rotatable bonds is 7. The van der Waals surface area contributed by atoms with Gasteiger partial charge in [0.25, 0.3) is 0 Å². The minimum Gasteiger partial charge on any atom is -0.493 e. The number of ether oxygens (including phenoxy) is 5. The molecular weight excluding hydrogens is 714 g/mol. The van der Waals surface area contributed by atoms with Crippen LogP contribution in [0.5, 0.6) is 11.5 Å². The minimum absolute atomic E-state index is 0.0685. The lowest BCUT2D eigenvalue weighted by Gasteiger charge is -2.64. The van der Waals surface area contributed by atoms with E-state index in [0.29, 0.717) is 36.8 Å². The van der Waals surface area contributed by atoms with E-state index in [1.807, 2.05) is 13.8 Å². The van der Waals surface area contributed by atoms with Crippen molar-refractivity contribution in [1.29, 1.82) is 0 Å². The summed E-state index contributed by atoms with van der Waals surface area (Å²) in [5, 5.41) is 75.5. The van der Waals surface area contributed by atoms with Gasteiger partial charge in [0.15, 0.2) is 23.7 Å². The highest BCUT2D eigenvalue weighted by Gasteiger charge is 2.89. The fraction of sp³-hybridized carbons (Fsp3) is 0.805. The molecule has 8 rings (SSSR count). The van der Waals surface area contributed by atoms with Gasteiger partial charge in [-0.1, -0.05) is 27.7 Å². The zero-order chi connectivity index (χ0) is 39.8. The van der Waals surface area contributed by atoms with E-state index in [2.05, 4.69) is 11.8 Å². The smallest absolute Gasteiger partial charge is 0.338 e. The average molecular weight is 774 g/mol. The van der Waals surface area contributed by atoms with Gasteiger partial charge < -0.3 is 54.3 Å². The second-order valence-corrected chi connectivity index (χ2v) is 18.5. The third-order valence-corrected chi connectivity index (χ3v) is 15.9. The molecule has 0 radical (unpaired) electrons. The van der Waals surface area contributed by atoms with Crippen LogP contribution in [-0.4, -0.2) is 134 Å². The summed E-state index contributed by atoms with van der Waals surface area (Å²) in [6.07, 6.45) is -5.19. The maximum Gasteiger partial charge on any atom is 0.338 e. The normalized spacial score (nSPS) is 50.1. The predicted molar refractivity (Wildman–Crippen MR) is 194 cm³/mol. The van der Waals surface area contributed by atoms with Crippen molar-refractivity contribution in [2.24, 2.45) is 46.8 Å². The van der Waals surface area contributed by atoms with Gasteiger partial charge in [0, 0.05) is 30.5 Å². The lowest BCUT2D eigenvalue weighted by atomic mass is 9.48. The molecule has 3 saturated heterocycles. The molecule has 14 heteroatoms. The van der Waals surface area contributed by atoms with Crippen molar-refractivity contribution in [2.45, 2.75) is 132 Å². The van der Waals surface area contributed by atoms with E-state index in [1.54, 1.807) is 19.9 Å². The van der Waals surface area contributed by atoms with Gasteiger partial charge in [0.2, 0.25) is 5.79 Å². The summed E-state index contributed by atoms with van der Waals surface area (Å²) < 4.78 is 29.8. The van der Waals surface area contributed by atoms with Gasteiger partial charge in [-0.25, -0.2) is 4.79 Å². The van der Waals surface area contributed by atoms with Gasteiger partial charge in [-0.15, -0.1) is 0 Å². The van der Waals surface area contributed by atoms with Gasteiger partial charge in [-0.05, 0) is 81.4 Å². The van der Waals surface area contributed by atoms with E-state index in [9.17, 15) is 40.2 Å². The Morgan fingerprint density at radius 2 is 1.64 bits per heavy atom. The van der Waals surface area contributed by atoms with Crippen molar-refractivity contribution < 1.29 is 63.9 Å². The lowest BCUT2D eigenvalue weighted by molar-refractivity contribution is -0.300. The summed E-state index contributed by atoms with van der Waals surface area (Å²) in [4.78, 5) is 29.6. The zero-order valence-corrected chi connectivity index (χ0v) is 32.9. The quantitative estimate of drug-likeness (QED) is 0.218. The monoisotopic (exact) mass is 773 g/mol. The Kier molecular flexibility index (Phi) is 9.26. The van der Waals surface area contributed by atoms with E-state index < -0.39 is 106 Å². The number of hydrogen-bond acceptors (Lipinski definition) is 14. The van der Waals surface area contributed by atoms with Gasteiger partial charge >= 0.3 is 11.9 Å². The molecule has 1 aromatic carbocycles. The summed E-state index contributed by atoms with van der Waals surface area (Å²) in [5.74, 6) is -7.84. The molecule has 4 aliphatic carbocycles. The first-order chi connectivity index (χ1) is 25.8. The van der Waals surface area contributed by atoms with Gasteiger partial charge in [0.1, 0.15) is 5.60 Å². The van der Waals surface area contributed by atoms with E-state index in [-0.39, 0.29) is 30.9 Å².